The number of methoxy groups -OCH3 is 1. The summed E-state index contributed by atoms with van der Waals surface area (Å²) in [7, 11) is 1.63. The number of nitrogens with one attached hydrogen (secondary N) is 1. The number of ether oxygens (including phenoxy) is 1. The van der Waals surface area contributed by atoms with Gasteiger partial charge in [-0.2, -0.15) is 0 Å². The molecule has 0 bridgehead atoms. The molecule has 2 aliphatic heterocycles. The van der Waals surface area contributed by atoms with E-state index < -0.39 is 0 Å². The van der Waals surface area contributed by atoms with E-state index in [4.69, 9.17) is 4.74 Å². The van der Waals surface area contributed by atoms with Crippen molar-refractivity contribution in [3.05, 3.63) is 35.2 Å². The van der Waals surface area contributed by atoms with Gasteiger partial charge in [-0.3, -0.25) is 4.79 Å². The summed E-state index contributed by atoms with van der Waals surface area (Å²) >= 11 is 1.43. The fourth-order valence-electron chi connectivity index (χ4n) is 3.55. The lowest BCUT2D eigenvalue weighted by molar-refractivity contribution is -0.695. The van der Waals surface area contributed by atoms with E-state index in [2.05, 4.69) is 11.9 Å². The van der Waals surface area contributed by atoms with Crippen molar-refractivity contribution in [2.45, 2.75) is 19.8 Å². The molecule has 146 valence electrons. The van der Waals surface area contributed by atoms with Crippen LogP contribution >= 0.6 is 11.3 Å². The van der Waals surface area contributed by atoms with Gasteiger partial charge >= 0.3 is 5.91 Å². The summed E-state index contributed by atoms with van der Waals surface area (Å²) in [5.41, 5.74) is 1.70. The third kappa shape index (κ3) is 3.72. The maximum absolute atomic E-state index is 12.9. The van der Waals surface area contributed by atoms with Crippen LogP contribution in [0.3, 0.4) is 0 Å². The summed E-state index contributed by atoms with van der Waals surface area (Å²) in [5.74, 6) is 1.41. The molecule has 1 aromatic carbocycles. The van der Waals surface area contributed by atoms with Gasteiger partial charge in [-0.15, -0.1) is 11.3 Å². The first kappa shape index (κ1) is 18.8. The molecule has 0 saturated carbocycles. The highest BCUT2D eigenvalue weighted by molar-refractivity contribution is 7.18. The third-order valence-corrected chi connectivity index (χ3v) is 6.59. The van der Waals surface area contributed by atoms with Gasteiger partial charge in [0.05, 0.1) is 12.8 Å². The Morgan fingerprint density at radius 1 is 1.29 bits per heavy atom. The van der Waals surface area contributed by atoms with Crippen LogP contribution in [0.1, 0.15) is 29.4 Å². The molecule has 1 unspecified atom stereocenters. The number of fused-ring (bicyclic) bond motifs is 1. The van der Waals surface area contributed by atoms with Gasteiger partial charge < -0.3 is 9.64 Å². The zero-order valence-electron chi connectivity index (χ0n) is 16.1. The Morgan fingerprint density at radius 3 is 2.68 bits per heavy atom. The summed E-state index contributed by atoms with van der Waals surface area (Å²) in [6.45, 7) is 3.91. The number of likely N-dealkylation sites (tertiary alicyclic amines) is 1. The van der Waals surface area contributed by atoms with Crippen molar-refractivity contribution in [3.8, 4) is 16.2 Å². The quantitative estimate of drug-likeness (QED) is 0.860. The molecule has 7 heteroatoms. The second-order valence-corrected chi connectivity index (χ2v) is 8.46. The molecule has 4 rings (SSSR count). The average Bonchev–Trinajstić information content (AvgIpc) is 3.16. The lowest BCUT2D eigenvalue weighted by atomic mass is 9.99. The Bertz CT molecular complexity index is 911. The molecule has 1 atom stereocenters. The van der Waals surface area contributed by atoms with E-state index in [9.17, 15) is 9.59 Å². The van der Waals surface area contributed by atoms with Crippen LogP contribution in [0.15, 0.2) is 35.3 Å². The molecule has 2 amide bonds. The maximum atomic E-state index is 12.9. The molecule has 3 heterocycles. The van der Waals surface area contributed by atoms with E-state index in [0.29, 0.717) is 21.4 Å². The Kier molecular flexibility index (Phi) is 5.28. The number of carbonyl (C=O) groups is 2. The standard InChI is InChI=1S/C21H23N3O3S/c1-14-7-9-23(10-8-14)19(25)12-24-13-22-17-11-18(28-20(17)21(24)26)15-3-5-16(27-2)6-4-15/h3-6,11,13-14H,7-10,12H2,1-2H3/p+1. The molecular formula is C21H24N3O3S+. The van der Waals surface area contributed by atoms with Crippen LogP contribution in [-0.2, 0) is 4.79 Å². The number of carbonyl (C=O) groups excluding carboxylic acids is 2. The number of benzene rings is 1. The second-order valence-electron chi connectivity index (χ2n) is 7.41. The molecule has 6 nitrogen and oxygen atoms in total. The van der Waals surface area contributed by atoms with Crippen LogP contribution < -0.4 is 9.64 Å². The molecule has 0 radical (unpaired) electrons. The minimum atomic E-state index is -0.0755. The van der Waals surface area contributed by atoms with Crippen molar-refractivity contribution in [1.82, 2.24) is 4.90 Å². The van der Waals surface area contributed by atoms with Gasteiger partial charge in [-0.25, -0.2) is 14.7 Å². The zero-order chi connectivity index (χ0) is 19.7. The summed E-state index contributed by atoms with van der Waals surface area (Å²) < 4.78 is 5.20. The SMILES string of the molecule is COc1ccc(-c2cc3c(s2)C(=O)[NH+](CC(=O)N2CCC(C)CC2)C=N3)cc1. The fourth-order valence-corrected chi connectivity index (χ4v) is 4.63. The number of hydrogen-bond acceptors (Lipinski definition) is 5. The smallest absolute Gasteiger partial charge is 0.362 e. The minimum Gasteiger partial charge on any atom is -0.497 e. The maximum Gasteiger partial charge on any atom is 0.362 e. The number of piperidine rings is 1. The second kappa shape index (κ2) is 7.85. The van der Waals surface area contributed by atoms with Gasteiger partial charge in [-0.1, -0.05) is 6.92 Å². The van der Waals surface area contributed by atoms with Crippen molar-refractivity contribution < 1.29 is 19.2 Å². The topological polar surface area (TPSA) is 63.4 Å². The number of hydrogen-bond donors (Lipinski definition) is 1. The molecule has 1 fully saturated rings. The van der Waals surface area contributed by atoms with Gasteiger partial charge in [-0.05, 0) is 54.7 Å². The van der Waals surface area contributed by atoms with Crippen LogP contribution in [-0.4, -0.2) is 49.8 Å². The minimum absolute atomic E-state index is 0.0251. The normalized spacial score (nSPS) is 19.6. The molecule has 1 aromatic heterocycles. The van der Waals surface area contributed by atoms with Crippen LogP contribution in [0.4, 0.5) is 5.69 Å². The zero-order valence-corrected chi connectivity index (χ0v) is 16.9. The number of amides is 2. The first-order valence-corrected chi connectivity index (χ1v) is 10.4. The summed E-state index contributed by atoms with van der Waals surface area (Å²) in [6, 6.07) is 9.66. The lowest BCUT2D eigenvalue weighted by Gasteiger charge is -2.30. The van der Waals surface area contributed by atoms with Gasteiger partial charge in [0.15, 0.2) is 17.8 Å². The molecular weight excluding hydrogens is 374 g/mol. The predicted octanol–water partition coefficient (Wildman–Crippen LogP) is 2.38. The van der Waals surface area contributed by atoms with Crippen LogP contribution in [0, 0.1) is 5.92 Å². The van der Waals surface area contributed by atoms with E-state index in [1.165, 1.54) is 11.3 Å². The van der Waals surface area contributed by atoms with Gasteiger partial charge in [0, 0.05) is 18.0 Å². The predicted molar refractivity (Wildman–Crippen MR) is 110 cm³/mol. The Morgan fingerprint density at radius 2 is 2.00 bits per heavy atom. The summed E-state index contributed by atoms with van der Waals surface area (Å²) in [6.07, 6.45) is 3.63. The molecule has 28 heavy (non-hydrogen) atoms. The molecule has 2 aromatic rings. The Balaban J connectivity index is 1.47. The van der Waals surface area contributed by atoms with E-state index in [1.807, 2.05) is 35.2 Å². The highest BCUT2D eigenvalue weighted by Crippen LogP contribution is 2.37. The van der Waals surface area contributed by atoms with E-state index in [1.54, 1.807) is 13.4 Å². The molecule has 0 aliphatic carbocycles. The monoisotopic (exact) mass is 398 g/mol. The van der Waals surface area contributed by atoms with Crippen molar-refractivity contribution in [3.63, 3.8) is 0 Å². The molecule has 0 spiro atoms. The summed E-state index contributed by atoms with van der Waals surface area (Å²) in [4.78, 5) is 33.9. The third-order valence-electron chi connectivity index (χ3n) is 5.42. The Labute approximate surface area is 168 Å². The number of rotatable bonds is 4. The van der Waals surface area contributed by atoms with Gasteiger partial charge in [0.25, 0.3) is 5.91 Å². The van der Waals surface area contributed by atoms with Crippen LogP contribution in [0.2, 0.25) is 0 Å². The number of aliphatic imine (C=N–C) groups is 1. The molecule has 2 aliphatic rings. The van der Waals surface area contributed by atoms with Crippen molar-refractivity contribution >= 4 is 35.2 Å². The van der Waals surface area contributed by atoms with E-state index in [0.717, 1.165) is 42.1 Å². The number of quaternary nitrogens is 1. The first-order valence-electron chi connectivity index (χ1n) is 9.56. The van der Waals surface area contributed by atoms with E-state index in [-0.39, 0.29) is 18.4 Å². The number of nitrogens with zero attached hydrogens (tertiary/aromatic N) is 2. The summed E-state index contributed by atoms with van der Waals surface area (Å²) in [5, 5.41) is 0. The van der Waals surface area contributed by atoms with Crippen molar-refractivity contribution in [2.24, 2.45) is 10.9 Å². The fraction of sp³-hybridized carbons (Fsp3) is 0.381. The van der Waals surface area contributed by atoms with Crippen LogP contribution in [0.25, 0.3) is 10.4 Å². The largest absolute Gasteiger partial charge is 0.497 e. The average molecular weight is 399 g/mol. The van der Waals surface area contributed by atoms with Crippen molar-refractivity contribution in [1.29, 1.82) is 0 Å². The van der Waals surface area contributed by atoms with Gasteiger partial charge in [0.1, 0.15) is 5.75 Å². The van der Waals surface area contributed by atoms with Gasteiger partial charge in [0.2, 0.25) is 0 Å². The first-order chi connectivity index (χ1) is 13.5. The lowest BCUT2D eigenvalue weighted by Crippen LogP contribution is -3.15. The highest BCUT2D eigenvalue weighted by Gasteiger charge is 2.33. The Hall–Kier alpha value is -2.51. The molecule has 1 N–H and O–H groups in total. The number of thiophene rings is 1. The van der Waals surface area contributed by atoms with Crippen molar-refractivity contribution in [2.75, 3.05) is 26.7 Å². The highest BCUT2D eigenvalue weighted by atomic mass is 32.1. The molecule has 1 saturated heterocycles. The van der Waals surface area contributed by atoms with Crippen LogP contribution in [0.5, 0.6) is 5.75 Å². The van der Waals surface area contributed by atoms with E-state index >= 15 is 0 Å².